The molecule has 0 fully saturated rings. The molecular weight excluding hydrogens is 274 g/mol. The first-order valence-corrected chi connectivity index (χ1v) is 7.60. The molecule has 2 rings (SSSR count). The maximum Gasteiger partial charge on any atom is 0.343 e. The third-order valence-corrected chi connectivity index (χ3v) is 3.62. The van der Waals surface area contributed by atoms with Crippen LogP contribution in [-0.2, 0) is 0 Å². The molecule has 2 aromatic rings. The van der Waals surface area contributed by atoms with Crippen molar-refractivity contribution in [2.45, 2.75) is 39.5 Å². The zero-order chi connectivity index (χ0) is 16.3. The minimum absolute atomic E-state index is 0.222. The van der Waals surface area contributed by atoms with Gasteiger partial charge in [0.05, 0.1) is 5.56 Å². The Morgan fingerprint density at radius 1 is 0.955 bits per heavy atom. The van der Waals surface area contributed by atoms with Gasteiger partial charge < -0.3 is 10.5 Å². The summed E-state index contributed by atoms with van der Waals surface area (Å²) in [6.45, 7) is 8.27. The van der Waals surface area contributed by atoms with Gasteiger partial charge in [-0.05, 0) is 47.2 Å². The highest BCUT2D eigenvalue weighted by atomic mass is 16.5. The molecule has 0 aromatic heterocycles. The maximum atomic E-state index is 12.4. The Morgan fingerprint density at radius 2 is 1.45 bits per heavy atom. The molecule has 3 nitrogen and oxygen atoms in total. The number of anilines is 1. The van der Waals surface area contributed by atoms with E-state index >= 15 is 0 Å². The molecule has 22 heavy (non-hydrogen) atoms. The first-order valence-electron chi connectivity index (χ1n) is 7.60. The van der Waals surface area contributed by atoms with Gasteiger partial charge in [-0.15, -0.1) is 0 Å². The standard InChI is InChI=1S/C19H23NO2/c1-12(2)16-10-15(20)11-17(13(3)4)18(16)22-19(21)14-8-6-5-7-9-14/h5-13H,20H2,1-4H3. The summed E-state index contributed by atoms with van der Waals surface area (Å²) in [5, 5.41) is 0. The van der Waals surface area contributed by atoms with Crippen LogP contribution in [0.3, 0.4) is 0 Å². The van der Waals surface area contributed by atoms with Gasteiger partial charge in [0, 0.05) is 5.69 Å². The molecule has 3 heteroatoms. The molecule has 0 radical (unpaired) electrons. The van der Waals surface area contributed by atoms with Gasteiger partial charge in [-0.2, -0.15) is 0 Å². The van der Waals surface area contributed by atoms with Crippen LogP contribution in [0, 0.1) is 0 Å². The number of hydrogen-bond acceptors (Lipinski definition) is 3. The summed E-state index contributed by atoms with van der Waals surface area (Å²) in [5.74, 6) is 0.751. The lowest BCUT2D eigenvalue weighted by atomic mass is 9.93. The van der Waals surface area contributed by atoms with Gasteiger partial charge in [-0.1, -0.05) is 45.9 Å². The van der Waals surface area contributed by atoms with E-state index in [0.29, 0.717) is 17.0 Å². The molecule has 0 bridgehead atoms. The van der Waals surface area contributed by atoms with E-state index in [2.05, 4.69) is 27.7 Å². The summed E-state index contributed by atoms with van der Waals surface area (Å²) in [6.07, 6.45) is 0. The summed E-state index contributed by atoms with van der Waals surface area (Å²) in [6, 6.07) is 12.8. The van der Waals surface area contributed by atoms with Crippen LogP contribution in [0.5, 0.6) is 5.75 Å². The minimum Gasteiger partial charge on any atom is -0.422 e. The Hall–Kier alpha value is -2.29. The van der Waals surface area contributed by atoms with Crippen molar-refractivity contribution >= 4 is 11.7 Å². The number of nitrogens with two attached hydrogens (primary N) is 1. The Kier molecular flexibility index (Phi) is 4.86. The highest BCUT2D eigenvalue weighted by molar-refractivity contribution is 5.91. The van der Waals surface area contributed by atoms with Gasteiger partial charge >= 0.3 is 5.97 Å². The van der Waals surface area contributed by atoms with Gasteiger partial charge in [-0.25, -0.2) is 4.79 Å². The van der Waals surface area contributed by atoms with Crippen molar-refractivity contribution in [1.82, 2.24) is 0 Å². The second-order valence-corrected chi connectivity index (χ2v) is 6.09. The molecule has 0 atom stereocenters. The lowest BCUT2D eigenvalue weighted by molar-refractivity contribution is 0.0731. The molecule has 0 saturated carbocycles. The van der Waals surface area contributed by atoms with Crippen molar-refractivity contribution in [2.24, 2.45) is 0 Å². The highest BCUT2D eigenvalue weighted by Crippen LogP contribution is 2.37. The average Bonchev–Trinajstić information content (AvgIpc) is 2.48. The SMILES string of the molecule is CC(C)c1cc(N)cc(C(C)C)c1OC(=O)c1ccccc1. The summed E-state index contributed by atoms with van der Waals surface area (Å²) in [4.78, 5) is 12.4. The van der Waals surface area contributed by atoms with Crippen molar-refractivity contribution in [3.8, 4) is 5.75 Å². The molecule has 0 aliphatic heterocycles. The van der Waals surface area contributed by atoms with Gasteiger partial charge in [0.1, 0.15) is 5.75 Å². The van der Waals surface area contributed by atoms with Crippen molar-refractivity contribution in [3.63, 3.8) is 0 Å². The van der Waals surface area contributed by atoms with Crippen molar-refractivity contribution in [2.75, 3.05) is 5.73 Å². The van der Waals surface area contributed by atoms with Gasteiger partial charge in [-0.3, -0.25) is 0 Å². The number of ether oxygens (including phenoxy) is 1. The fraction of sp³-hybridized carbons (Fsp3) is 0.316. The quantitative estimate of drug-likeness (QED) is 0.504. The normalized spacial score (nSPS) is 11.0. The third-order valence-electron chi connectivity index (χ3n) is 3.62. The number of carbonyl (C=O) groups excluding carboxylic acids is 1. The smallest absolute Gasteiger partial charge is 0.343 e. The summed E-state index contributed by atoms with van der Waals surface area (Å²) >= 11 is 0. The number of hydrogen-bond donors (Lipinski definition) is 1. The number of rotatable bonds is 4. The van der Waals surface area contributed by atoms with E-state index in [0.717, 1.165) is 11.1 Å². The molecule has 0 aliphatic carbocycles. The molecule has 0 saturated heterocycles. The zero-order valence-electron chi connectivity index (χ0n) is 13.6. The molecule has 0 spiro atoms. The monoisotopic (exact) mass is 297 g/mol. The van der Waals surface area contributed by atoms with E-state index in [9.17, 15) is 4.79 Å². The maximum absolute atomic E-state index is 12.4. The highest BCUT2D eigenvalue weighted by Gasteiger charge is 2.20. The van der Waals surface area contributed by atoms with E-state index in [1.807, 2.05) is 30.3 Å². The first-order chi connectivity index (χ1) is 10.4. The van der Waals surface area contributed by atoms with Crippen LogP contribution in [0.25, 0.3) is 0 Å². The Balaban J connectivity index is 2.46. The lowest BCUT2D eigenvalue weighted by Crippen LogP contribution is -2.13. The number of esters is 1. The van der Waals surface area contributed by atoms with Crippen LogP contribution in [0.15, 0.2) is 42.5 Å². The van der Waals surface area contributed by atoms with Gasteiger partial charge in [0.2, 0.25) is 0 Å². The molecule has 2 aromatic carbocycles. The van der Waals surface area contributed by atoms with Crippen LogP contribution in [0.2, 0.25) is 0 Å². The van der Waals surface area contributed by atoms with E-state index in [1.54, 1.807) is 12.1 Å². The lowest BCUT2D eigenvalue weighted by Gasteiger charge is -2.20. The van der Waals surface area contributed by atoms with Crippen LogP contribution < -0.4 is 10.5 Å². The number of nitrogen functional groups attached to an aromatic ring is 1. The van der Waals surface area contributed by atoms with E-state index < -0.39 is 0 Å². The van der Waals surface area contributed by atoms with Crippen LogP contribution in [0.4, 0.5) is 5.69 Å². The van der Waals surface area contributed by atoms with Crippen molar-refractivity contribution in [1.29, 1.82) is 0 Å². The van der Waals surface area contributed by atoms with E-state index in [-0.39, 0.29) is 17.8 Å². The summed E-state index contributed by atoms with van der Waals surface area (Å²) < 4.78 is 5.75. The molecule has 0 heterocycles. The fourth-order valence-electron chi connectivity index (χ4n) is 2.40. The number of carbonyl (C=O) groups is 1. The van der Waals surface area contributed by atoms with Crippen molar-refractivity contribution < 1.29 is 9.53 Å². The molecule has 0 amide bonds. The number of benzene rings is 2. The second-order valence-electron chi connectivity index (χ2n) is 6.09. The van der Waals surface area contributed by atoms with E-state index in [1.165, 1.54) is 0 Å². The Morgan fingerprint density at radius 3 is 1.91 bits per heavy atom. The first kappa shape index (κ1) is 16.1. The second kappa shape index (κ2) is 6.65. The van der Waals surface area contributed by atoms with Gasteiger partial charge in [0.25, 0.3) is 0 Å². The molecular formula is C19H23NO2. The Labute approximate surface area is 132 Å². The molecule has 0 aliphatic rings. The topological polar surface area (TPSA) is 52.3 Å². The van der Waals surface area contributed by atoms with Crippen molar-refractivity contribution in [3.05, 3.63) is 59.2 Å². The fourth-order valence-corrected chi connectivity index (χ4v) is 2.40. The van der Waals surface area contributed by atoms with Crippen LogP contribution in [-0.4, -0.2) is 5.97 Å². The van der Waals surface area contributed by atoms with Gasteiger partial charge in [0.15, 0.2) is 0 Å². The van der Waals surface area contributed by atoms with Crippen LogP contribution >= 0.6 is 0 Å². The minimum atomic E-state index is -0.339. The molecule has 116 valence electrons. The predicted molar refractivity (Wildman–Crippen MR) is 90.4 cm³/mol. The molecule has 0 unspecified atom stereocenters. The van der Waals surface area contributed by atoms with Crippen LogP contribution in [0.1, 0.15) is 61.0 Å². The zero-order valence-corrected chi connectivity index (χ0v) is 13.6. The Bertz CT molecular complexity index is 631. The third kappa shape index (κ3) is 3.48. The summed E-state index contributed by atoms with van der Waals surface area (Å²) in [5.41, 5.74) is 9.18. The van der Waals surface area contributed by atoms with E-state index in [4.69, 9.17) is 10.5 Å². The largest absolute Gasteiger partial charge is 0.422 e. The molecule has 2 N–H and O–H groups in total. The predicted octanol–water partition coefficient (Wildman–Crippen LogP) is 4.73. The summed E-state index contributed by atoms with van der Waals surface area (Å²) in [7, 11) is 0. The average molecular weight is 297 g/mol.